The average Bonchev–Trinajstić information content (AvgIpc) is 3.01. The Hall–Kier alpha value is -2.38. The molecule has 5 nitrogen and oxygen atoms in total. The molecule has 0 atom stereocenters. The summed E-state index contributed by atoms with van der Waals surface area (Å²) in [7, 11) is 1.88. The van der Waals surface area contributed by atoms with Gasteiger partial charge in [0.1, 0.15) is 0 Å². The van der Waals surface area contributed by atoms with E-state index >= 15 is 0 Å². The van der Waals surface area contributed by atoms with Gasteiger partial charge in [0, 0.05) is 18.4 Å². The van der Waals surface area contributed by atoms with Crippen LogP contribution in [0.1, 0.15) is 30.1 Å². The SMILES string of the molecule is CCOC(=O)c1ccc2c(c1)sc(=NC(=O)CCCSc1ccccc1)n2C. The van der Waals surface area contributed by atoms with Crippen molar-refractivity contribution in [2.75, 3.05) is 12.4 Å². The highest BCUT2D eigenvalue weighted by Crippen LogP contribution is 2.20. The van der Waals surface area contributed by atoms with Crippen molar-refractivity contribution in [2.45, 2.75) is 24.7 Å². The van der Waals surface area contributed by atoms with Gasteiger partial charge in [-0.25, -0.2) is 4.79 Å². The summed E-state index contributed by atoms with van der Waals surface area (Å²) in [4.78, 5) is 30.3. The molecule has 0 saturated heterocycles. The first kappa shape index (κ1) is 20.4. The largest absolute Gasteiger partial charge is 0.462 e. The maximum atomic E-state index is 12.3. The number of nitrogens with zero attached hydrogens (tertiary/aromatic N) is 2. The van der Waals surface area contributed by atoms with Crippen LogP contribution in [0.25, 0.3) is 10.2 Å². The van der Waals surface area contributed by atoms with Gasteiger partial charge in [0.2, 0.25) is 5.91 Å². The number of benzene rings is 2. The maximum absolute atomic E-state index is 12.3. The number of aromatic nitrogens is 1. The van der Waals surface area contributed by atoms with Crippen molar-refractivity contribution < 1.29 is 14.3 Å². The van der Waals surface area contributed by atoms with Crippen LogP contribution in [-0.2, 0) is 16.6 Å². The van der Waals surface area contributed by atoms with Crippen LogP contribution >= 0.6 is 23.1 Å². The zero-order chi connectivity index (χ0) is 19.9. The topological polar surface area (TPSA) is 60.7 Å². The summed E-state index contributed by atoms with van der Waals surface area (Å²) in [5, 5.41) is 0. The van der Waals surface area contributed by atoms with Crippen molar-refractivity contribution in [3.05, 3.63) is 58.9 Å². The Labute approximate surface area is 172 Å². The van der Waals surface area contributed by atoms with Crippen LogP contribution in [0, 0.1) is 0 Å². The first-order valence-corrected chi connectivity index (χ1v) is 10.9. The minimum absolute atomic E-state index is 0.124. The Morgan fingerprint density at radius 3 is 2.71 bits per heavy atom. The first-order valence-electron chi connectivity index (χ1n) is 9.10. The molecule has 0 spiro atoms. The van der Waals surface area contributed by atoms with Crippen LogP contribution in [0.15, 0.2) is 58.4 Å². The minimum Gasteiger partial charge on any atom is -0.462 e. The zero-order valence-electron chi connectivity index (χ0n) is 15.9. The number of thioether (sulfide) groups is 1. The van der Waals surface area contributed by atoms with Gasteiger partial charge in [-0.3, -0.25) is 4.79 Å². The number of aryl methyl sites for hydroxylation is 1. The lowest BCUT2D eigenvalue weighted by atomic mass is 10.2. The van der Waals surface area contributed by atoms with E-state index in [2.05, 4.69) is 17.1 Å². The summed E-state index contributed by atoms with van der Waals surface area (Å²) < 4.78 is 7.83. The molecule has 3 rings (SSSR count). The second kappa shape index (κ2) is 9.71. The second-order valence-electron chi connectivity index (χ2n) is 6.12. The predicted molar refractivity (Wildman–Crippen MR) is 114 cm³/mol. The molecule has 0 aliphatic rings. The van der Waals surface area contributed by atoms with Crippen molar-refractivity contribution >= 4 is 45.2 Å². The Morgan fingerprint density at radius 2 is 1.96 bits per heavy atom. The third-order valence-electron chi connectivity index (χ3n) is 4.09. The van der Waals surface area contributed by atoms with Crippen molar-refractivity contribution in [2.24, 2.45) is 12.0 Å². The Balaban J connectivity index is 1.66. The van der Waals surface area contributed by atoms with E-state index < -0.39 is 0 Å². The highest BCUT2D eigenvalue weighted by Gasteiger charge is 2.11. The zero-order valence-corrected chi connectivity index (χ0v) is 17.5. The number of amides is 1. The lowest BCUT2D eigenvalue weighted by Crippen LogP contribution is -2.13. The normalized spacial score (nSPS) is 11.7. The van der Waals surface area contributed by atoms with Gasteiger partial charge in [-0.2, -0.15) is 4.99 Å². The van der Waals surface area contributed by atoms with Crippen molar-refractivity contribution in [1.29, 1.82) is 0 Å². The van der Waals surface area contributed by atoms with Gasteiger partial charge in [0.05, 0.1) is 22.4 Å². The van der Waals surface area contributed by atoms with E-state index in [0.29, 0.717) is 23.4 Å². The van der Waals surface area contributed by atoms with E-state index in [9.17, 15) is 9.59 Å². The molecule has 7 heteroatoms. The Morgan fingerprint density at radius 1 is 1.18 bits per heavy atom. The van der Waals surface area contributed by atoms with E-state index in [-0.39, 0.29) is 11.9 Å². The van der Waals surface area contributed by atoms with Crippen LogP contribution in [0.3, 0.4) is 0 Å². The van der Waals surface area contributed by atoms with E-state index in [1.807, 2.05) is 35.9 Å². The molecule has 146 valence electrons. The summed E-state index contributed by atoms with van der Waals surface area (Å²) in [6.07, 6.45) is 1.20. The molecule has 0 aliphatic heterocycles. The number of thiazole rings is 1. The molecule has 0 fully saturated rings. The quantitative estimate of drug-likeness (QED) is 0.326. The average molecular weight is 415 g/mol. The molecular weight excluding hydrogens is 392 g/mol. The Kier molecular flexibility index (Phi) is 7.06. The summed E-state index contributed by atoms with van der Waals surface area (Å²) in [5.74, 6) is 0.416. The van der Waals surface area contributed by atoms with Gasteiger partial charge < -0.3 is 9.30 Å². The van der Waals surface area contributed by atoms with E-state index in [1.165, 1.54) is 16.2 Å². The molecule has 2 aromatic carbocycles. The standard InChI is InChI=1S/C21H22N2O3S2/c1-3-26-20(25)15-11-12-17-18(14-15)28-21(23(17)2)22-19(24)10-7-13-27-16-8-5-4-6-9-16/h4-6,8-9,11-12,14H,3,7,10,13H2,1-2H3. The number of esters is 1. The molecule has 0 unspecified atom stereocenters. The number of carbonyl (C=O) groups is 2. The molecule has 0 aliphatic carbocycles. The molecule has 1 amide bonds. The molecule has 3 aromatic rings. The van der Waals surface area contributed by atoms with Crippen LogP contribution < -0.4 is 4.80 Å². The summed E-state index contributed by atoms with van der Waals surface area (Å²) in [5.41, 5.74) is 1.44. The highest BCUT2D eigenvalue weighted by molar-refractivity contribution is 7.99. The predicted octanol–water partition coefficient (Wildman–Crippen LogP) is 4.42. The molecule has 1 heterocycles. The molecule has 0 bridgehead atoms. The van der Waals surface area contributed by atoms with Crippen molar-refractivity contribution in [1.82, 2.24) is 4.57 Å². The lowest BCUT2D eigenvalue weighted by Gasteiger charge is -2.01. The first-order chi connectivity index (χ1) is 13.6. The number of hydrogen-bond donors (Lipinski definition) is 0. The minimum atomic E-state index is -0.342. The van der Waals surface area contributed by atoms with Gasteiger partial charge >= 0.3 is 5.97 Å². The number of carbonyl (C=O) groups excluding carboxylic acids is 2. The van der Waals surface area contributed by atoms with Crippen LogP contribution in [0.2, 0.25) is 0 Å². The fourth-order valence-corrected chi connectivity index (χ4v) is 4.62. The van der Waals surface area contributed by atoms with Gasteiger partial charge in [0.25, 0.3) is 0 Å². The molecule has 0 saturated carbocycles. The molecule has 0 N–H and O–H groups in total. The third-order valence-corrected chi connectivity index (χ3v) is 6.28. The lowest BCUT2D eigenvalue weighted by molar-refractivity contribution is -0.118. The monoisotopic (exact) mass is 414 g/mol. The number of hydrogen-bond acceptors (Lipinski definition) is 5. The summed E-state index contributed by atoms with van der Waals surface area (Å²) >= 11 is 3.14. The van der Waals surface area contributed by atoms with Crippen LogP contribution in [-0.4, -0.2) is 28.8 Å². The number of ether oxygens (including phenoxy) is 1. The fraction of sp³-hybridized carbons (Fsp3) is 0.286. The van der Waals surface area contributed by atoms with Gasteiger partial charge in [0.15, 0.2) is 4.80 Å². The van der Waals surface area contributed by atoms with E-state index in [0.717, 1.165) is 22.4 Å². The maximum Gasteiger partial charge on any atom is 0.338 e. The van der Waals surface area contributed by atoms with Gasteiger partial charge in [-0.1, -0.05) is 29.5 Å². The highest BCUT2D eigenvalue weighted by atomic mass is 32.2. The van der Waals surface area contributed by atoms with Crippen molar-refractivity contribution in [3.8, 4) is 0 Å². The molecular formula is C21H22N2O3S2. The van der Waals surface area contributed by atoms with E-state index in [1.54, 1.807) is 30.8 Å². The number of fused-ring (bicyclic) bond motifs is 1. The van der Waals surface area contributed by atoms with Gasteiger partial charge in [-0.05, 0) is 49.4 Å². The molecule has 28 heavy (non-hydrogen) atoms. The fourth-order valence-electron chi connectivity index (χ4n) is 2.67. The summed E-state index contributed by atoms with van der Waals surface area (Å²) in [6, 6.07) is 15.5. The van der Waals surface area contributed by atoms with Crippen molar-refractivity contribution in [3.63, 3.8) is 0 Å². The Bertz CT molecular complexity index is 1040. The summed E-state index contributed by atoms with van der Waals surface area (Å²) in [6.45, 7) is 2.12. The molecule has 0 radical (unpaired) electrons. The third kappa shape index (κ3) is 5.11. The second-order valence-corrected chi connectivity index (χ2v) is 8.29. The van der Waals surface area contributed by atoms with Crippen LogP contribution in [0.5, 0.6) is 0 Å². The van der Waals surface area contributed by atoms with E-state index in [4.69, 9.17) is 4.74 Å². The smallest absolute Gasteiger partial charge is 0.338 e. The van der Waals surface area contributed by atoms with Crippen LogP contribution in [0.4, 0.5) is 0 Å². The van der Waals surface area contributed by atoms with Gasteiger partial charge in [-0.15, -0.1) is 11.8 Å². The molecule has 1 aromatic heterocycles. The number of rotatable bonds is 7.